The van der Waals surface area contributed by atoms with Crippen molar-refractivity contribution in [2.24, 2.45) is 57.4 Å². The van der Waals surface area contributed by atoms with Crippen LogP contribution in [0, 0.1) is 52.3 Å². The van der Waals surface area contributed by atoms with E-state index in [1.54, 1.807) is 12.1 Å². The van der Waals surface area contributed by atoms with E-state index in [-0.39, 0.29) is 29.0 Å². The van der Waals surface area contributed by atoms with Crippen molar-refractivity contribution >= 4 is 51.9 Å². The maximum atomic E-state index is 10.6. The first kappa shape index (κ1) is 30.7. The Hall–Kier alpha value is -0.960. The lowest BCUT2D eigenvalue weighted by molar-refractivity contribution is -0.272. The zero-order valence-corrected chi connectivity index (χ0v) is 28.2. The van der Waals surface area contributed by atoms with Crippen LogP contribution in [0.25, 0.3) is 0 Å². The zero-order chi connectivity index (χ0) is 30.3. The first-order valence-electron chi connectivity index (χ1n) is 16.5. The first-order chi connectivity index (χ1) is 20.4. The van der Waals surface area contributed by atoms with Gasteiger partial charge < -0.3 is 19.9 Å². The van der Waals surface area contributed by atoms with E-state index in [0.29, 0.717) is 56.4 Å². The van der Waals surface area contributed by atoms with Gasteiger partial charge in [0.2, 0.25) is 0 Å². The van der Waals surface area contributed by atoms with E-state index in [4.69, 9.17) is 50.0 Å². The number of aliphatic hydroxyl groups is 1. The molecule has 7 rings (SSSR count). The van der Waals surface area contributed by atoms with E-state index in [9.17, 15) is 5.11 Å². The standard InChI is InChI=1S/C34H47Cl2N3O3S/c1-18-9-12-34(41-17-18)19(2)30-28(42-34)15-25-23-7-5-20-13-22(40)10-11-32(20,3)24(23)16-29(33(25,30)4)38-39-31(43)37-27-8-6-21(35)14-26(27)36/h6,8,14,18-20,22-25,28,30,40H,5,7,9-13,15-17H2,1-4H3,(H2,37,39,43)/b38-29+/t18-,19+,20+,22+,23-,24+,25+,28+,30+,32+,33-,34-/m1/s1. The second-order valence-corrected chi connectivity index (χ2v) is 16.5. The van der Waals surface area contributed by atoms with Gasteiger partial charge in [-0.25, -0.2) is 0 Å². The van der Waals surface area contributed by atoms with E-state index >= 15 is 0 Å². The minimum atomic E-state index is -0.476. The number of fused-ring (bicyclic) bond motifs is 7. The van der Waals surface area contributed by atoms with Crippen LogP contribution in [0.3, 0.4) is 0 Å². The Morgan fingerprint density at radius 2 is 1.88 bits per heavy atom. The van der Waals surface area contributed by atoms with E-state index < -0.39 is 5.79 Å². The molecule has 2 aliphatic heterocycles. The van der Waals surface area contributed by atoms with Gasteiger partial charge in [0.25, 0.3) is 0 Å². The molecule has 0 bridgehead atoms. The van der Waals surface area contributed by atoms with Crippen LogP contribution in [0.5, 0.6) is 0 Å². The summed E-state index contributed by atoms with van der Waals surface area (Å²) in [6.45, 7) is 10.4. The van der Waals surface area contributed by atoms with Crippen LogP contribution >= 0.6 is 35.4 Å². The molecular formula is C34H47Cl2N3O3S. The molecule has 0 radical (unpaired) electrons. The number of nitrogens with zero attached hydrogens (tertiary/aromatic N) is 1. The van der Waals surface area contributed by atoms with Gasteiger partial charge in [-0.2, -0.15) is 5.10 Å². The van der Waals surface area contributed by atoms with Gasteiger partial charge in [0.1, 0.15) is 0 Å². The van der Waals surface area contributed by atoms with Crippen molar-refractivity contribution in [3.05, 3.63) is 28.2 Å². The second-order valence-electron chi connectivity index (χ2n) is 15.3. The van der Waals surface area contributed by atoms with E-state index in [1.807, 2.05) is 6.07 Å². The van der Waals surface area contributed by atoms with Gasteiger partial charge in [0.15, 0.2) is 10.9 Å². The molecule has 2 saturated heterocycles. The summed E-state index contributed by atoms with van der Waals surface area (Å²) >= 11 is 18.3. The lowest BCUT2D eigenvalue weighted by atomic mass is 9.44. The third-order valence-corrected chi connectivity index (χ3v) is 14.0. The summed E-state index contributed by atoms with van der Waals surface area (Å²) in [5.41, 5.74) is 5.27. The van der Waals surface area contributed by atoms with Gasteiger partial charge in [-0.1, -0.05) is 50.9 Å². The number of hydrogen-bond donors (Lipinski definition) is 3. The Morgan fingerprint density at radius 3 is 2.63 bits per heavy atom. The van der Waals surface area contributed by atoms with Crippen LogP contribution in [-0.2, 0) is 9.47 Å². The van der Waals surface area contributed by atoms with Gasteiger partial charge in [-0.05, 0) is 117 Å². The molecule has 43 heavy (non-hydrogen) atoms. The summed E-state index contributed by atoms with van der Waals surface area (Å²) in [5, 5.41) is 20.5. The maximum absolute atomic E-state index is 10.6. The summed E-state index contributed by atoms with van der Waals surface area (Å²) in [6.07, 6.45) is 9.56. The highest BCUT2D eigenvalue weighted by Crippen LogP contribution is 2.70. The van der Waals surface area contributed by atoms with Gasteiger partial charge in [0, 0.05) is 34.4 Å². The molecule has 4 aliphatic carbocycles. The lowest BCUT2D eigenvalue weighted by Crippen LogP contribution is -2.58. The quantitative estimate of drug-likeness (QED) is 0.223. The van der Waals surface area contributed by atoms with E-state index in [1.165, 1.54) is 18.6 Å². The number of benzene rings is 1. The van der Waals surface area contributed by atoms with Crippen molar-refractivity contribution < 1.29 is 14.6 Å². The number of halogens is 2. The largest absolute Gasteiger partial charge is 0.393 e. The highest BCUT2D eigenvalue weighted by Gasteiger charge is 2.71. The van der Waals surface area contributed by atoms with Crippen molar-refractivity contribution in [3.63, 3.8) is 0 Å². The molecule has 236 valence electrons. The molecule has 6 fully saturated rings. The number of hydrazone groups is 1. The number of ether oxygens (including phenoxy) is 2. The Morgan fingerprint density at radius 1 is 1.07 bits per heavy atom. The van der Waals surface area contributed by atoms with Crippen molar-refractivity contribution in [1.82, 2.24) is 5.43 Å². The van der Waals surface area contributed by atoms with Crippen LogP contribution in [0.4, 0.5) is 5.69 Å². The van der Waals surface area contributed by atoms with Crippen LogP contribution in [0.2, 0.25) is 10.0 Å². The SMILES string of the molecule is C[C@@H]1CC[C@@]2(OC1)O[C@H]1C[C@H]3[C@@H]4CC[C@H]5C[C@@H](O)CC[C@]5(C)[C@H]4C/C(=N\NC(=S)Nc4ccc(Cl)cc4Cl)[C@]3(C)[C@H]1[C@@H]2C. The molecule has 1 spiro atoms. The van der Waals surface area contributed by atoms with Crippen molar-refractivity contribution in [1.29, 1.82) is 0 Å². The summed E-state index contributed by atoms with van der Waals surface area (Å²) < 4.78 is 13.6. The topological polar surface area (TPSA) is 75.1 Å². The number of rotatable bonds is 2. The fraction of sp³-hybridized carbons (Fsp3) is 0.765. The third-order valence-electron chi connectivity index (χ3n) is 13.3. The Balaban J connectivity index is 1.22. The molecule has 0 aromatic heterocycles. The van der Waals surface area contributed by atoms with Crippen LogP contribution < -0.4 is 10.7 Å². The van der Waals surface area contributed by atoms with Gasteiger partial charge in [-0.3, -0.25) is 5.43 Å². The Labute approximate surface area is 272 Å². The average molecular weight is 649 g/mol. The van der Waals surface area contributed by atoms with E-state index in [0.717, 1.165) is 51.6 Å². The summed E-state index contributed by atoms with van der Waals surface area (Å²) in [5.74, 6) is 2.99. The number of hydrogen-bond acceptors (Lipinski definition) is 5. The van der Waals surface area contributed by atoms with Gasteiger partial charge >= 0.3 is 0 Å². The molecule has 4 saturated carbocycles. The predicted octanol–water partition coefficient (Wildman–Crippen LogP) is 8.05. The molecule has 6 nitrogen and oxygen atoms in total. The summed E-state index contributed by atoms with van der Waals surface area (Å²) in [4.78, 5) is 0. The number of aliphatic hydroxyl groups excluding tert-OH is 1. The smallest absolute Gasteiger partial charge is 0.191 e. The Kier molecular flexibility index (Phi) is 7.91. The zero-order valence-electron chi connectivity index (χ0n) is 25.9. The molecule has 6 aliphatic rings. The molecule has 0 unspecified atom stereocenters. The molecule has 1 aromatic rings. The fourth-order valence-electron chi connectivity index (χ4n) is 11.0. The first-order valence-corrected chi connectivity index (χ1v) is 17.7. The summed E-state index contributed by atoms with van der Waals surface area (Å²) in [6, 6.07) is 5.33. The number of thiocarbonyl (C=S) groups is 1. The molecular weight excluding hydrogens is 601 g/mol. The molecule has 12 atom stereocenters. The molecule has 1 aromatic carbocycles. The molecule has 0 amide bonds. The minimum Gasteiger partial charge on any atom is -0.393 e. The van der Waals surface area contributed by atoms with Crippen LogP contribution in [0.15, 0.2) is 23.3 Å². The molecule has 9 heteroatoms. The predicted molar refractivity (Wildman–Crippen MR) is 176 cm³/mol. The number of nitrogens with one attached hydrogen (secondary N) is 2. The van der Waals surface area contributed by atoms with Crippen LogP contribution in [0.1, 0.15) is 85.5 Å². The number of anilines is 1. The third kappa shape index (κ3) is 4.90. The molecule has 2 heterocycles. The van der Waals surface area contributed by atoms with Crippen molar-refractivity contribution in [2.45, 2.75) is 103 Å². The highest BCUT2D eigenvalue weighted by atomic mass is 35.5. The monoisotopic (exact) mass is 647 g/mol. The summed E-state index contributed by atoms with van der Waals surface area (Å²) in [7, 11) is 0. The van der Waals surface area contributed by atoms with Crippen LogP contribution in [-0.4, -0.2) is 40.5 Å². The normalized spacial score (nSPS) is 47.9. The van der Waals surface area contributed by atoms with Gasteiger partial charge in [-0.15, -0.1) is 0 Å². The minimum absolute atomic E-state index is 0.112. The maximum Gasteiger partial charge on any atom is 0.191 e. The second kappa shape index (κ2) is 11.1. The molecule has 3 N–H and O–H groups in total. The highest BCUT2D eigenvalue weighted by molar-refractivity contribution is 7.80. The average Bonchev–Trinajstić information content (AvgIpc) is 3.41. The van der Waals surface area contributed by atoms with Crippen molar-refractivity contribution in [3.8, 4) is 0 Å². The van der Waals surface area contributed by atoms with E-state index in [2.05, 4.69) is 38.4 Å². The van der Waals surface area contributed by atoms with Gasteiger partial charge in [0.05, 0.1) is 29.5 Å². The Bertz CT molecular complexity index is 1300. The fourth-order valence-corrected chi connectivity index (χ4v) is 11.6. The van der Waals surface area contributed by atoms with Crippen molar-refractivity contribution in [2.75, 3.05) is 11.9 Å². The lowest BCUT2D eigenvalue weighted by Gasteiger charge is -2.61.